The molecule has 0 N–H and O–H groups in total. The maximum atomic E-state index is 5.62. The topological polar surface area (TPSA) is 26.0 Å². The summed E-state index contributed by atoms with van der Waals surface area (Å²) < 4.78 is 5.18. The van der Waals surface area contributed by atoms with Crippen LogP contribution in [-0.2, 0) is 0 Å². The molecule has 0 aliphatic heterocycles. The normalized spacial score (nSPS) is 10.3. The first-order valence-corrected chi connectivity index (χ1v) is 4.32. The van der Waals surface area contributed by atoms with E-state index in [0.717, 1.165) is 5.56 Å². The standard InChI is InChI=1S/C10H8ClNO/c1-7-3-2-4-8(5-7)10-12-6-9(11)13-10/h2-6H,1H3. The van der Waals surface area contributed by atoms with Gasteiger partial charge in [-0.15, -0.1) is 0 Å². The van der Waals surface area contributed by atoms with E-state index in [-0.39, 0.29) is 0 Å². The SMILES string of the molecule is Cc1cccc(-c2ncc(Cl)o2)c1. The zero-order valence-corrected chi connectivity index (χ0v) is 7.88. The smallest absolute Gasteiger partial charge is 0.228 e. The highest BCUT2D eigenvalue weighted by molar-refractivity contribution is 6.28. The predicted octanol–water partition coefficient (Wildman–Crippen LogP) is 3.30. The van der Waals surface area contributed by atoms with Gasteiger partial charge in [-0.1, -0.05) is 17.7 Å². The van der Waals surface area contributed by atoms with E-state index in [9.17, 15) is 0 Å². The van der Waals surface area contributed by atoms with E-state index in [1.165, 1.54) is 11.8 Å². The average molecular weight is 194 g/mol. The van der Waals surface area contributed by atoms with Gasteiger partial charge in [0.15, 0.2) is 0 Å². The van der Waals surface area contributed by atoms with Crippen molar-refractivity contribution in [2.24, 2.45) is 0 Å². The minimum absolute atomic E-state index is 0.316. The number of aryl methyl sites for hydroxylation is 1. The molecule has 2 nitrogen and oxygen atoms in total. The van der Waals surface area contributed by atoms with Gasteiger partial charge in [-0.2, -0.15) is 0 Å². The molecule has 0 bridgehead atoms. The fourth-order valence-corrected chi connectivity index (χ4v) is 1.29. The number of halogens is 1. The van der Waals surface area contributed by atoms with Crippen molar-refractivity contribution in [3.05, 3.63) is 41.2 Å². The summed E-state index contributed by atoms with van der Waals surface area (Å²) in [6.07, 6.45) is 1.50. The number of nitrogens with zero attached hydrogens (tertiary/aromatic N) is 1. The predicted molar refractivity (Wildman–Crippen MR) is 51.7 cm³/mol. The second-order valence-corrected chi connectivity index (χ2v) is 3.21. The molecule has 0 fully saturated rings. The van der Waals surface area contributed by atoms with Gasteiger partial charge in [0.05, 0.1) is 6.20 Å². The van der Waals surface area contributed by atoms with Crippen LogP contribution in [0.25, 0.3) is 11.5 Å². The minimum atomic E-state index is 0.316. The molecule has 0 amide bonds. The molecule has 1 aromatic heterocycles. The van der Waals surface area contributed by atoms with Crippen molar-refractivity contribution in [1.82, 2.24) is 4.98 Å². The molecule has 66 valence electrons. The Morgan fingerprint density at radius 3 is 2.85 bits per heavy atom. The fourth-order valence-electron chi connectivity index (χ4n) is 1.17. The van der Waals surface area contributed by atoms with E-state index in [4.69, 9.17) is 16.0 Å². The monoisotopic (exact) mass is 193 g/mol. The number of rotatable bonds is 1. The van der Waals surface area contributed by atoms with Crippen molar-refractivity contribution < 1.29 is 4.42 Å². The van der Waals surface area contributed by atoms with Gasteiger partial charge in [0.2, 0.25) is 11.1 Å². The Morgan fingerprint density at radius 2 is 2.23 bits per heavy atom. The number of aromatic nitrogens is 1. The molecule has 0 aliphatic rings. The van der Waals surface area contributed by atoms with E-state index in [1.807, 2.05) is 31.2 Å². The highest BCUT2D eigenvalue weighted by Gasteiger charge is 2.03. The quantitative estimate of drug-likeness (QED) is 0.695. The molecule has 13 heavy (non-hydrogen) atoms. The molecule has 1 heterocycles. The number of hydrogen-bond acceptors (Lipinski definition) is 2. The highest BCUT2D eigenvalue weighted by atomic mass is 35.5. The van der Waals surface area contributed by atoms with Gasteiger partial charge in [0, 0.05) is 5.56 Å². The molecule has 3 heteroatoms. The van der Waals surface area contributed by atoms with E-state index in [0.29, 0.717) is 11.1 Å². The van der Waals surface area contributed by atoms with Crippen LogP contribution in [0.3, 0.4) is 0 Å². The van der Waals surface area contributed by atoms with Crippen molar-refractivity contribution in [3.63, 3.8) is 0 Å². The maximum absolute atomic E-state index is 5.62. The summed E-state index contributed by atoms with van der Waals surface area (Å²) in [5.41, 5.74) is 2.12. The lowest BCUT2D eigenvalue weighted by Gasteiger charge is -1.95. The first-order chi connectivity index (χ1) is 6.25. The third kappa shape index (κ3) is 1.73. The van der Waals surface area contributed by atoms with Crippen LogP contribution in [0.2, 0.25) is 5.22 Å². The Morgan fingerprint density at radius 1 is 1.38 bits per heavy atom. The molecule has 2 aromatic rings. The zero-order valence-electron chi connectivity index (χ0n) is 7.12. The lowest BCUT2D eigenvalue weighted by molar-refractivity contribution is 0.576. The Kier molecular flexibility index (Phi) is 2.07. The van der Waals surface area contributed by atoms with Crippen molar-refractivity contribution in [2.45, 2.75) is 6.92 Å². The summed E-state index contributed by atoms with van der Waals surface area (Å²) in [6.45, 7) is 2.02. The molecule has 0 saturated carbocycles. The molecular formula is C10H8ClNO. The van der Waals surface area contributed by atoms with Crippen LogP contribution in [0.4, 0.5) is 0 Å². The molecule has 1 aromatic carbocycles. The summed E-state index contributed by atoms with van der Waals surface area (Å²) in [5.74, 6) is 0.564. The van der Waals surface area contributed by atoms with Gasteiger partial charge in [0.1, 0.15) is 0 Å². The van der Waals surface area contributed by atoms with Gasteiger partial charge in [-0.3, -0.25) is 0 Å². The van der Waals surface area contributed by atoms with Gasteiger partial charge < -0.3 is 4.42 Å². The second kappa shape index (κ2) is 3.23. The summed E-state index contributed by atoms with van der Waals surface area (Å²) in [4.78, 5) is 4.03. The lowest BCUT2D eigenvalue weighted by atomic mass is 10.1. The first-order valence-electron chi connectivity index (χ1n) is 3.94. The number of benzene rings is 1. The first kappa shape index (κ1) is 8.32. The third-order valence-electron chi connectivity index (χ3n) is 1.74. The summed E-state index contributed by atoms with van der Waals surface area (Å²) in [5, 5.41) is 0.316. The minimum Gasteiger partial charge on any atom is -0.425 e. The van der Waals surface area contributed by atoms with E-state index in [1.54, 1.807) is 0 Å². The Labute approximate surface area is 81.2 Å². The van der Waals surface area contributed by atoms with Crippen molar-refractivity contribution in [3.8, 4) is 11.5 Å². The summed E-state index contributed by atoms with van der Waals surface area (Å²) in [6, 6.07) is 7.92. The molecule has 0 atom stereocenters. The molecule has 2 rings (SSSR count). The van der Waals surface area contributed by atoms with Crippen LogP contribution in [-0.4, -0.2) is 4.98 Å². The second-order valence-electron chi connectivity index (χ2n) is 2.84. The van der Waals surface area contributed by atoms with Crippen LogP contribution in [0.15, 0.2) is 34.9 Å². The van der Waals surface area contributed by atoms with Crippen molar-refractivity contribution >= 4 is 11.6 Å². The molecule has 0 saturated heterocycles. The molecular weight excluding hydrogens is 186 g/mol. The van der Waals surface area contributed by atoms with Crippen LogP contribution in [0.5, 0.6) is 0 Å². The van der Waals surface area contributed by atoms with Gasteiger partial charge in [-0.25, -0.2) is 4.98 Å². The summed E-state index contributed by atoms with van der Waals surface area (Å²) in [7, 11) is 0. The number of hydrogen-bond donors (Lipinski definition) is 0. The third-order valence-corrected chi connectivity index (χ3v) is 1.92. The number of oxazole rings is 1. The van der Waals surface area contributed by atoms with Gasteiger partial charge >= 0.3 is 0 Å². The molecule has 0 spiro atoms. The van der Waals surface area contributed by atoms with Gasteiger partial charge in [0.25, 0.3) is 0 Å². The average Bonchev–Trinajstić information content (AvgIpc) is 2.52. The zero-order chi connectivity index (χ0) is 9.26. The Hall–Kier alpha value is -1.28. The van der Waals surface area contributed by atoms with Crippen LogP contribution >= 0.6 is 11.6 Å². The Balaban J connectivity index is 2.46. The maximum Gasteiger partial charge on any atom is 0.228 e. The van der Waals surface area contributed by atoms with Crippen LogP contribution in [0.1, 0.15) is 5.56 Å². The van der Waals surface area contributed by atoms with Crippen molar-refractivity contribution in [2.75, 3.05) is 0 Å². The highest BCUT2D eigenvalue weighted by Crippen LogP contribution is 2.21. The van der Waals surface area contributed by atoms with E-state index >= 15 is 0 Å². The van der Waals surface area contributed by atoms with Crippen LogP contribution in [0, 0.1) is 6.92 Å². The molecule has 0 aliphatic carbocycles. The fraction of sp³-hybridized carbons (Fsp3) is 0.100. The van der Waals surface area contributed by atoms with E-state index < -0.39 is 0 Å². The van der Waals surface area contributed by atoms with Gasteiger partial charge in [-0.05, 0) is 30.7 Å². The lowest BCUT2D eigenvalue weighted by Crippen LogP contribution is -1.77. The summed E-state index contributed by atoms with van der Waals surface area (Å²) >= 11 is 5.62. The Bertz CT molecular complexity index is 422. The van der Waals surface area contributed by atoms with E-state index in [2.05, 4.69) is 4.98 Å². The van der Waals surface area contributed by atoms with Crippen molar-refractivity contribution in [1.29, 1.82) is 0 Å². The van der Waals surface area contributed by atoms with Crippen LogP contribution < -0.4 is 0 Å². The largest absolute Gasteiger partial charge is 0.425 e. The molecule has 0 radical (unpaired) electrons. The molecule has 0 unspecified atom stereocenters.